The molecule has 0 aromatic carbocycles. The summed E-state index contributed by atoms with van der Waals surface area (Å²) in [6, 6.07) is 4.26. The number of pyridine rings is 1. The van der Waals surface area contributed by atoms with Crippen molar-refractivity contribution < 1.29 is 0 Å². The number of likely N-dealkylation sites (N-methyl/N-ethyl adjacent to an activating group) is 1. The second-order valence-electron chi connectivity index (χ2n) is 4.13. The van der Waals surface area contributed by atoms with Gasteiger partial charge in [0.05, 0.1) is 0 Å². The van der Waals surface area contributed by atoms with Crippen molar-refractivity contribution in [1.82, 2.24) is 13.4 Å². The molecule has 0 saturated carbocycles. The van der Waals surface area contributed by atoms with Crippen LogP contribution < -0.4 is 8.43 Å². The minimum absolute atomic E-state index is 0.872. The number of rotatable bonds is 3. The smallest absolute Gasteiger partial charge is 0.128 e. The van der Waals surface area contributed by atoms with Crippen molar-refractivity contribution in [3.8, 4) is 0 Å². The normalized spacial score (nSPS) is 17.8. The third kappa shape index (κ3) is 3.05. The molecule has 1 aromatic heterocycles. The molecule has 0 aliphatic carbocycles. The molecular weight excluding hydrogens is 315 g/mol. The average Bonchev–Trinajstić information content (AvgIpc) is 2.32. The molecule has 1 aromatic rings. The maximum absolute atomic E-state index is 4.51. The second-order valence-corrected chi connectivity index (χ2v) is 4.89. The van der Waals surface area contributed by atoms with Gasteiger partial charge in [-0.25, -0.2) is 4.98 Å². The topological polar surface area (TPSA) is 31.4 Å². The van der Waals surface area contributed by atoms with Crippen molar-refractivity contribution in [2.75, 3.05) is 38.1 Å². The summed E-state index contributed by atoms with van der Waals surface area (Å²) in [6.07, 6.45) is 1.96. The fourth-order valence-corrected chi connectivity index (χ4v) is 2.26. The summed E-state index contributed by atoms with van der Waals surface area (Å²) in [7, 11) is 2.17. The van der Waals surface area contributed by atoms with E-state index in [2.05, 4.69) is 60.4 Å². The zero-order chi connectivity index (χ0) is 11.4. The van der Waals surface area contributed by atoms with Gasteiger partial charge in [-0.1, -0.05) is 6.07 Å². The Balaban J connectivity index is 1.98. The summed E-state index contributed by atoms with van der Waals surface area (Å²) in [6.45, 7) is 5.27. The van der Waals surface area contributed by atoms with Crippen molar-refractivity contribution in [2.24, 2.45) is 0 Å². The number of aromatic nitrogens is 1. The molecule has 1 aliphatic heterocycles. The van der Waals surface area contributed by atoms with Gasteiger partial charge in [-0.3, -0.25) is 3.53 Å². The highest BCUT2D eigenvalue weighted by atomic mass is 127. The Morgan fingerprint density at radius 1 is 1.31 bits per heavy atom. The molecule has 1 aliphatic rings. The van der Waals surface area contributed by atoms with Crippen molar-refractivity contribution in [3.63, 3.8) is 0 Å². The number of nitrogens with one attached hydrogen (secondary N) is 1. The zero-order valence-electron chi connectivity index (χ0n) is 9.49. The highest BCUT2D eigenvalue weighted by Gasteiger charge is 2.14. The lowest BCUT2D eigenvalue weighted by atomic mass is 10.2. The van der Waals surface area contributed by atoms with Crippen LogP contribution in [0, 0.1) is 0 Å². The summed E-state index contributed by atoms with van der Waals surface area (Å²) in [5.74, 6) is 1.10. The van der Waals surface area contributed by atoms with Crippen molar-refractivity contribution in [2.45, 2.75) is 6.54 Å². The molecular formula is C11H17IN4. The molecule has 88 valence electrons. The van der Waals surface area contributed by atoms with Gasteiger partial charge in [0, 0.05) is 61.8 Å². The lowest BCUT2D eigenvalue weighted by Gasteiger charge is -2.33. The van der Waals surface area contributed by atoms with Crippen LogP contribution in [0.3, 0.4) is 0 Å². The number of anilines is 1. The van der Waals surface area contributed by atoms with Gasteiger partial charge in [0.15, 0.2) is 0 Å². The first kappa shape index (κ1) is 12.1. The van der Waals surface area contributed by atoms with Crippen molar-refractivity contribution in [1.29, 1.82) is 0 Å². The standard InChI is InChI=1S/C11H17IN4/c1-15-4-6-16(7-5-15)11-3-2-10(8-13-11)9-14-12/h2-3,8,14H,4-7,9H2,1H3. The van der Waals surface area contributed by atoms with Crippen LogP contribution in [-0.2, 0) is 6.54 Å². The van der Waals surface area contributed by atoms with E-state index in [1.807, 2.05) is 6.20 Å². The van der Waals surface area contributed by atoms with Crippen LogP contribution in [-0.4, -0.2) is 43.1 Å². The van der Waals surface area contributed by atoms with Crippen LogP contribution in [0.5, 0.6) is 0 Å². The van der Waals surface area contributed by atoms with E-state index >= 15 is 0 Å². The van der Waals surface area contributed by atoms with Crippen LogP contribution in [0.4, 0.5) is 5.82 Å². The Hall–Kier alpha value is -0.400. The number of hydrogen-bond acceptors (Lipinski definition) is 4. The van der Waals surface area contributed by atoms with E-state index in [0.29, 0.717) is 0 Å². The minimum Gasteiger partial charge on any atom is -0.354 e. The lowest BCUT2D eigenvalue weighted by molar-refractivity contribution is 0.312. The molecule has 2 rings (SSSR count). The predicted octanol–water partition coefficient (Wildman–Crippen LogP) is 1.27. The summed E-state index contributed by atoms with van der Waals surface area (Å²) < 4.78 is 3.10. The molecule has 0 radical (unpaired) electrons. The average molecular weight is 332 g/mol. The Morgan fingerprint density at radius 3 is 2.62 bits per heavy atom. The molecule has 16 heavy (non-hydrogen) atoms. The van der Waals surface area contributed by atoms with Crippen LogP contribution in [0.15, 0.2) is 18.3 Å². The van der Waals surface area contributed by atoms with E-state index in [-0.39, 0.29) is 0 Å². The maximum Gasteiger partial charge on any atom is 0.128 e. The molecule has 1 N–H and O–H groups in total. The highest BCUT2D eigenvalue weighted by molar-refractivity contribution is 14.1. The molecule has 0 spiro atoms. The van der Waals surface area contributed by atoms with E-state index in [0.717, 1.165) is 38.5 Å². The van der Waals surface area contributed by atoms with Gasteiger partial charge in [0.25, 0.3) is 0 Å². The van der Waals surface area contributed by atoms with Gasteiger partial charge in [0.2, 0.25) is 0 Å². The summed E-state index contributed by atoms with van der Waals surface area (Å²) in [4.78, 5) is 9.21. The van der Waals surface area contributed by atoms with Gasteiger partial charge < -0.3 is 9.80 Å². The molecule has 0 amide bonds. The second kappa shape index (κ2) is 5.79. The predicted molar refractivity (Wildman–Crippen MR) is 74.8 cm³/mol. The van der Waals surface area contributed by atoms with Gasteiger partial charge in [-0.05, 0) is 18.7 Å². The SMILES string of the molecule is CN1CCN(c2ccc(CNI)cn2)CC1. The molecule has 1 saturated heterocycles. The first-order valence-electron chi connectivity index (χ1n) is 5.51. The molecule has 1 fully saturated rings. The van der Waals surface area contributed by atoms with Gasteiger partial charge in [-0.15, -0.1) is 0 Å². The summed E-state index contributed by atoms with van der Waals surface area (Å²) >= 11 is 2.15. The van der Waals surface area contributed by atoms with E-state index in [4.69, 9.17) is 0 Å². The van der Waals surface area contributed by atoms with Crippen molar-refractivity contribution >= 4 is 28.7 Å². The highest BCUT2D eigenvalue weighted by Crippen LogP contribution is 2.13. The molecule has 5 heteroatoms. The third-order valence-corrected chi connectivity index (χ3v) is 3.29. The number of piperazine rings is 1. The van der Waals surface area contributed by atoms with Crippen LogP contribution in [0.2, 0.25) is 0 Å². The molecule has 0 atom stereocenters. The van der Waals surface area contributed by atoms with E-state index in [1.54, 1.807) is 0 Å². The number of halogens is 1. The fraction of sp³-hybridized carbons (Fsp3) is 0.545. The third-order valence-electron chi connectivity index (χ3n) is 2.91. The van der Waals surface area contributed by atoms with Crippen molar-refractivity contribution in [3.05, 3.63) is 23.9 Å². The molecule has 2 heterocycles. The Labute approximate surface area is 111 Å². The first-order valence-corrected chi connectivity index (χ1v) is 6.59. The molecule has 0 bridgehead atoms. The van der Waals surface area contributed by atoms with Crippen LogP contribution in [0.25, 0.3) is 0 Å². The summed E-state index contributed by atoms with van der Waals surface area (Å²) in [5, 5.41) is 0. The first-order chi connectivity index (χ1) is 7.79. The van der Waals surface area contributed by atoms with Gasteiger partial charge in [0.1, 0.15) is 5.82 Å². The van der Waals surface area contributed by atoms with E-state index in [9.17, 15) is 0 Å². The monoisotopic (exact) mass is 332 g/mol. The fourth-order valence-electron chi connectivity index (χ4n) is 1.82. The Morgan fingerprint density at radius 2 is 2.06 bits per heavy atom. The van der Waals surface area contributed by atoms with E-state index < -0.39 is 0 Å². The maximum atomic E-state index is 4.51. The Kier molecular flexibility index (Phi) is 4.37. The molecule has 4 nitrogen and oxygen atoms in total. The van der Waals surface area contributed by atoms with Crippen LogP contribution >= 0.6 is 22.9 Å². The minimum atomic E-state index is 0.872. The van der Waals surface area contributed by atoms with Gasteiger partial charge in [-0.2, -0.15) is 0 Å². The van der Waals surface area contributed by atoms with Crippen LogP contribution in [0.1, 0.15) is 5.56 Å². The summed E-state index contributed by atoms with van der Waals surface area (Å²) in [5.41, 5.74) is 1.23. The van der Waals surface area contributed by atoms with E-state index in [1.165, 1.54) is 5.56 Å². The number of hydrogen-bond donors (Lipinski definition) is 1. The van der Waals surface area contributed by atoms with Gasteiger partial charge >= 0.3 is 0 Å². The zero-order valence-corrected chi connectivity index (χ0v) is 11.6. The Bertz CT molecular complexity index is 319. The number of nitrogens with zero attached hydrogens (tertiary/aromatic N) is 3. The molecule has 0 unspecified atom stereocenters. The largest absolute Gasteiger partial charge is 0.354 e. The quantitative estimate of drug-likeness (QED) is 0.667. The lowest BCUT2D eigenvalue weighted by Crippen LogP contribution is -2.44.